The second-order valence-corrected chi connectivity index (χ2v) is 6.85. The third-order valence-corrected chi connectivity index (χ3v) is 3.77. The minimum absolute atomic E-state index is 0.155. The Hall–Kier alpha value is -1.68. The zero-order valence-corrected chi connectivity index (χ0v) is 13.8. The summed E-state index contributed by atoms with van der Waals surface area (Å²) in [4.78, 5) is 4.36. The normalized spacial score (nSPS) is 13.5. The molecule has 0 radical (unpaired) electrons. The molecule has 0 aliphatic rings. The van der Waals surface area contributed by atoms with Crippen molar-refractivity contribution in [2.24, 2.45) is 5.73 Å². The van der Waals surface area contributed by atoms with Gasteiger partial charge >= 0.3 is 0 Å². The molecule has 0 bridgehead atoms. The van der Waals surface area contributed by atoms with Gasteiger partial charge in [-0.05, 0) is 48.4 Å². The summed E-state index contributed by atoms with van der Waals surface area (Å²) in [5, 5.41) is 4.02. The van der Waals surface area contributed by atoms with Crippen molar-refractivity contribution in [1.29, 1.82) is 0 Å². The first-order valence-corrected chi connectivity index (χ1v) is 7.37. The third kappa shape index (κ3) is 3.50. The number of aryl methyl sites for hydroxylation is 2. The molecule has 21 heavy (non-hydrogen) atoms. The van der Waals surface area contributed by atoms with E-state index in [9.17, 15) is 0 Å². The average Bonchev–Trinajstić information content (AvgIpc) is 2.81. The number of hydrogen-bond donors (Lipinski definition) is 1. The van der Waals surface area contributed by atoms with Crippen LogP contribution < -0.4 is 5.73 Å². The van der Waals surface area contributed by atoms with Crippen molar-refractivity contribution in [3.8, 4) is 0 Å². The highest BCUT2D eigenvalue weighted by Crippen LogP contribution is 2.27. The molecule has 1 aromatic heterocycles. The molecule has 0 saturated heterocycles. The number of aromatic nitrogens is 2. The lowest BCUT2D eigenvalue weighted by Gasteiger charge is -2.22. The lowest BCUT2D eigenvalue weighted by Crippen LogP contribution is -2.13. The third-order valence-electron chi connectivity index (χ3n) is 3.77. The molecule has 0 fully saturated rings. The molecular weight excluding hydrogens is 262 g/mol. The summed E-state index contributed by atoms with van der Waals surface area (Å²) in [6.45, 7) is 12.8. The predicted molar refractivity (Wildman–Crippen MR) is 84.3 cm³/mol. The van der Waals surface area contributed by atoms with Gasteiger partial charge in [0, 0.05) is 6.42 Å². The van der Waals surface area contributed by atoms with Crippen molar-refractivity contribution in [1.82, 2.24) is 10.1 Å². The molecule has 1 aromatic carbocycles. The second kappa shape index (κ2) is 5.60. The van der Waals surface area contributed by atoms with Gasteiger partial charge in [0.15, 0.2) is 5.82 Å². The van der Waals surface area contributed by atoms with Gasteiger partial charge in [0.25, 0.3) is 0 Å². The van der Waals surface area contributed by atoms with Crippen LogP contribution in [0.15, 0.2) is 16.7 Å². The van der Waals surface area contributed by atoms with Crippen LogP contribution in [0, 0.1) is 13.8 Å². The van der Waals surface area contributed by atoms with Crippen LogP contribution in [0.4, 0.5) is 0 Å². The van der Waals surface area contributed by atoms with Gasteiger partial charge in [0.2, 0.25) is 5.89 Å². The smallest absolute Gasteiger partial charge is 0.243 e. The van der Waals surface area contributed by atoms with E-state index in [1.165, 1.54) is 22.3 Å². The molecule has 4 heteroatoms. The number of rotatable bonds is 3. The molecular formula is C17H25N3O. The van der Waals surface area contributed by atoms with Crippen LogP contribution in [0.3, 0.4) is 0 Å². The molecule has 114 valence electrons. The Bertz CT molecular complexity index is 613. The molecule has 1 atom stereocenters. The van der Waals surface area contributed by atoms with E-state index in [0.717, 1.165) is 0 Å². The van der Waals surface area contributed by atoms with Crippen LogP contribution in [0.25, 0.3) is 0 Å². The van der Waals surface area contributed by atoms with Gasteiger partial charge in [-0.3, -0.25) is 0 Å². The van der Waals surface area contributed by atoms with Crippen LogP contribution in [0.2, 0.25) is 0 Å². The summed E-state index contributed by atoms with van der Waals surface area (Å²) in [7, 11) is 0. The number of nitrogens with two attached hydrogens (primary N) is 1. The molecule has 4 nitrogen and oxygen atoms in total. The minimum atomic E-state index is -0.225. The Labute approximate surface area is 126 Å². The summed E-state index contributed by atoms with van der Waals surface area (Å²) >= 11 is 0. The van der Waals surface area contributed by atoms with Gasteiger partial charge in [0.1, 0.15) is 0 Å². The van der Waals surface area contributed by atoms with E-state index in [1.54, 1.807) is 0 Å². The van der Waals surface area contributed by atoms with E-state index in [1.807, 2.05) is 6.92 Å². The standard InChI is InChI=1S/C17H25N3O/c1-10-7-13(17(4,5)6)8-11(2)14(10)9-15-19-16(12(3)18)21-20-15/h7-8,12H,9,18H2,1-6H3/t12-/m1/s1. The first-order chi connectivity index (χ1) is 9.68. The molecule has 0 unspecified atom stereocenters. The Morgan fingerprint density at radius 1 is 1.19 bits per heavy atom. The highest BCUT2D eigenvalue weighted by Gasteiger charge is 2.18. The summed E-state index contributed by atoms with van der Waals surface area (Å²) in [6.07, 6.45) is 0.679. The molecule has 0 aliphatic heterocycles. The van der Waals surface area contributed by atoms with Gasteiger partial charge in [-0.1, -0.05) is 38.1 Å². The zero-order chi connectivity index (χ0) is 15.8. The van der Waals surface area contributed by atoms with E-state index < -0.39 is 0 Å². The molecule has 0 saturated carbocycles. The minimum Gasteiger partial charge on any atom is -0.338 e. The van der Waals surface area contributed by atoms with E-state index in [2.05, 4.69) is 56.9 Å². The van der Waals surface area contributed by atoms with E-state index >= 15 is 0 Å². The lowest BCUT2D eigenvalue weighted by atomic mass is 9.83. The Kier molecular flexibility index (Phi) is 4.19. The van der Waals surface area contributed by atoms with Crippen molar-refractivity contribution in [2.45, 2.75) is 59.4 Å². The SMILES string of the molecule is Cc1cc(C(C)(C)C)cc(C)c1Cc1noc([C@@H](C)N)n1. The van der Waals surface area contributed by atoms with Gasteiger partial charge in [-0.2, -0.15) is 4.98 Å². The zero-order valence-electron chi connectivity index (χ0n) is 13.8. The molecule has 2 N–H and O–H groups in total. The summed E-state index contributed by atoms with van der Waals surface area (Å²) in [5.41, 5.74) is 11.1. The van der Waals surface area contributed by atoms with Gasteiger partial charge < -0.3 is 10.3 Å². The van der Waals surface area contributed by atoms with Gasteiger partial charge in [-0.25, -0.2) is 0 Å². The van der Waals surface area contributed by atoms with Crippen LogP contribution in [-0.2, 0) is 11.8 Å². The molecule has 0 spiro atoms. The second-order valence-electron chi connectivity index (χ2n) is 6.85. The summed E-state index contributed by atoms with van der Waals surface area (Å²) in [6, 6.07) is 4.29. The molecule has 2 aromatic rings. The first-order valence-electron chi connectivity index (χ1n) is 7.37. The maximum Gasteiger partial charge on any atom is 0.243 e. The largest absolute Gasteiger partial charge is 0.338 e. The van der Waals surface area contributed by atoms with E-state index in [-0.39, 0.29) is 11.5 Å². The Morgan fingerprint density at radius 3 is 2.19 bits per heavy atom. The highest BCUT2D eigenvalue weighted by atomic mass is 16.5. The van der Waals surface area contributed by atoms with Gasteiger partial charge in [-0.15, -0.1) is 0 Å². The van der Waals surface area contributed by atoms with Crippen LogP contribution in [0.1, 0.15) is 67.7 Å². The maximum atomic E-state index is 5.75. The topological polar surface area (TPSA) is 64.9 Å². The number of hydrogen-bond acceptors (Lipinski definition) is 4. The van der Waals surface area contributed by atoms with Crippen molar-refractivity contribution in [3.05, 3.63) is 46.1 Å². The van der Waals surface area contributed by atoms with Crippen molar-refractivity contribution >= 4 is 0 Å². The predicted octanol–water partition coefficient (Wildman–Crippen LogP) is 3.59. The van der Waals surface area contributed by atoms with Gasteiger partial charge in [0.05, 0.1) is 6.04 Å². The summed E-state index contributed by atoms with van der Waals surface area (Å²) < 4.78 is 5.17. The fourth-order valence-corrected chi connectivity index (χ4v) is 2.39. The molecule has 2 rings (SSSR count). The van der Waals surface area contributed by atoms with Crippen molar-refractivity contribution in [2.75, 3.05) is 0 Å². The average molecular weight is 287 g/mol. The number of benzene rings is 1. The van der Waals surface area contributed by atoms with Crippen LogP contribution in [0.5, 0.6) is 0 Å². The van der Waals surface area contributed by atoms with Crippen molar-refractivity contribution < 1.29 is 4.52 Å². The quantitative estimate of drug-likeness (QED) is 0.936. The lowest BCUT2D eigenvalue weighted by molar-refractivity contribution is 0.357. The van der Waals surface area contributed by atoms with Crippen LogP contribution >= 0.6 is 0 Å². The number of nitrogens with zero attached hydrogens (tertiary/aromatic N) is 2. The van der Waals surface area contributed by atoms with E-state index in [4.69, 9.17) is 10.3 Å². The first kappa shape index (κ1) is 15.7. The van der Waals surface area contributed by atoms with Crippen molar-refractivity contribution in [3.63, 3.8) is 0 Å². The van der Waals surface area contributed by atoms with Crippen LogP contribution in [-0.4, -0.2) is 10.1 Å². The fourth-order valence-electron chi connectivity index (χ4n) is 2.39. The monoisotopic (exact) mass is 287 g/mol. The molecule has 0 aliphatic carbocycles. The Balaban J connectivity index is 2.32. The maximum absolute atomic E-state index is 5.75. The molecule has 1 heterocycles. The fraction of sp³-hybridized carbons (Fsp3) is 0.529. The summed E-state index contributed by atoms with van der Waals surface area (Å²) in [5.74, 6) is 1.18. The Morgan fingerprint density at radius 2 is 1.76 bits per heavy atom. The van der Waals surface area contributed by atoms with E-state index in [0.29, 0.717) is 18.1 Å². The highest BCUT2D eigenvalue weighted by molar-refractivity contribution is 5.41. The molecule has 0 amide bonds.